The van der Waals surface area contributed by atoms with Crippen molar-refractivity contribution in [1.29, 1.82) is 0 Å². The molecular weight excluding hydrogens is 348 g/mol. The molecule has 1 aliphatic rings. The average Bonchev–Trinajstić information content (AvgIpc) is 2.68. The van der Waals surface area contributed by atoms with Crippen molar-refractivity contribution in [3.63, 3.8) is 0 Å². The number of hydrogen-bond acceptors (Lipinski definition) is 3. The number of anilines is 2. The number of benzene rings is 2. The van der Waals surface area contributed by atoms with Crippen LogP contribution in [0, 0.1) is 6.92 Å². The maximum absolute atomic E-state index is 12.3. The number of rotatable bonds is 5. The molecule has 1 heterocycles. The number of amides is 2. The molecule has 2 N–H and O–H groups in total. The summed E-state index contributed by atoms with van der Waals surface area (Å²) in [6.45, 7) is 11.2. The number of carbonyl (C=O) groups is 1. The predicted molar refractivity (Wildman–Crippen MR) is 117 cm³/mol. The Morgan fingerprint density at radius 2 is 1.57 bits per heavy atom. The van der Waals surface area contributed by atoms with Crippen LogP contribution < -0.4 is 15.5 Å². The van der Waals surface area contributed by atoms with Crippen LogP contribution in [0.5, 0.6) is 0 Å². The lowest BCUT2D eigenvalue weighted by Crippen LogP contribution is -2.44. The van der Waals surface area contributed by atoms with E-state index >= 15 is 0 Å². The first-order chi connectivity index (χ1) is 13.3. The molecule has 0 spiro atoms. The fourth-order valence-electron chi connectivity index (χ4n) is 3.40. The predicted octanol–water partition coefficient (Wildman–Crippen LogP) is 3.85. The summed E-state index contributed by atoms with van der Waals surface area (Å²) in [4.78, 5) is 17.1. The van der Waals surface area contributed by atoms with E-state index in [9.17, 15) is 4.79 Å². The zero-order chi connectivity index (χ0) is 20.1. The lowest BCUT2D eigenvalue weighted by Gasteiger charge is -2.34. The summed E-state index contributed by atoms with van der Waals surface area (Å²) in [5.41, 5.74) is 4.35. The van der Waals surface area contributed by atoms with Crippen molar-refractivity contribution < 1.29 is 4.79 Å². The van der Waals surface area contributed by atoms with Gasteiger partial charge in [-0.05, 0) is 43.8 Å². The van der Waals surface area contributed by atoms with Crippen LogP contribution in [0.1, 0.15) is 25.0 Å². The Morgan fingerprint density at radius 1 is 0.964 bits per heavy atom. The van der Waals surface area contributed by atoms with E-state index in [0.29, 0.717) is 6.54 Å². The molecule has 1 aliphatic heterocycles. The van der Waals surface area contributed by atoms with Crippen LogP contribution in [0.15, 0.2) is 48.5 Å². The Labute approximate surface area is 168 Å². The van der Waals surface area contributed by atoms with E-state index in [0.717, 1.165) is 31.9 Å². The second-order valence-corrected chi connectivity index (χ2v) is 8.39. The van der Waals surface area contributed by atoms with Gasteiger partial charge in [-0.3, -0.25) is 0 Å². The third kappa shape index (κ3) is 5.26. The summed E-state index contributed by atoms with van der Waals surface area (Å²) in [5.74, 6) is 0. The molecule has 5 heteroatoms. The van der Waals surface area contributed by atoms with Crippen molar-refractivity contribution in [2.24, 2.45) is 0 Å². The summed E-state index contributed by atoms with van der Waals surface area (Å²) in [6, 6.07) is 16.4. The van der Waals surface area contributed by atoms with Gasteiger partial charge >= 0.3 is 6.03 Å². The van der Waals surface area contributed by atoms with E-state index in [4.69, 9.17) is 0 Å². The van der Waals surface area contributed by atoms with Crippen LogP contribution in [0.2, 0.25) is 0 Å². The van der Waals surface area contributed by atoms with Crippen molar-refractivity contribution in [2.45, 2.75) is 26.2 Å². The number of aryl methyl sites for hydroxylation is 1. The van der Waals surface area contributed by atoms with Crippen LogP contribution in [-0.2, 0) is 5.41 Å². The summed E-state index contributed by atoms with van der Waals surface area (Å²) in [7, 11) is 2.16. The average molecular weight is 381 g/mol. The van der Waals surface area contributed by atoms with Gasteiger partial charge in [0.05, 0.1) is 0 Å². The second kappa shape index (κ2) is 8.65. The fourth-order valence-corrected chi connectivity index (χ4v) is 3.40. The third-order valence-corrected chi connectivity index (χ3v) is 5.52. The zero-order valence-electron chi connectivity index (χ0n) is 17.5. The minimum atomic E-state index is -0.174. The maximum atomic E-state index is 12.3. The summed E-state index contributed by atoms with van der Waals surface area (Å²) in [5, 5.41) is 5.94. The van der Waals surface area contributed by atoms with Gasteiger partial charge in [0.1, 0.15) is 0 Å². The topological polar surface area (TPSA) is 47.6 Å². The number of nitrogens with zero attached hydrogens (tertiary/aromatic N) is 2. The second-order valence-electron chi connectivity index (χ2n) is 8.39. The maximum Gasteiger partial charge on any atom is 0.319 e. The highest BCUT2D eigenvalue weighted by Crippen LogP contribution is 2.23. The van der Waals surface area contributed by atoms with E-state index < -0.39 is 0 Å². The Morgan fingerprint density at radius 3 is 2.18 bits per heavy atom. The SMILES string of the molecule is Cc1ccc(C(C)(C)CNC(=O)Nc2ccc(N3CCN(C)CC3)cc2)cc1. The molecular formula is C23H32N4O. The summed E-state index contributed by atoms with van der Waals surface area (Å²) >= 11 is 0. The molecule has 0 atom stereocenters. The Bertz CT molecular complexity index is 775. The molecule has 2 aromatic rings. The van der Waals surface area contributed by atoms with E-state index in [2.05, 4.69) is 84.7 Å². The highest BCUT2D eigenvalue weighted by Gasteiger charge is 2.21. The van der Waals surface area contributed by atoms with Gasteiger partial charge in [0, 0.05) is 49.5 Å². The molecule has 5 nitrogen and oxygen atoms in total. The van der Waals surface area contributed by atoms with E-state index in [1.54, 1.807) is 0 Å². The smallest absolute Gasteiger partial charge is 0.319 e. The van der Waals surface area contributed by atoms with Gasteiger partial charge in [-0.25, -0.2) is 4.79 Å². The lowest BCUT2D eigenvalue weighted by atomic mass is 9.84. The highest BCUT2D eigenvalue weighted by molar-refractivity contribution is 5.89. The van der Waals surface area contributed by atoms with Gasteiger partial charge in [0.15, 0.2) is 0 Å². The third-order valence-electron chi connectivity index (χ3n) is 5.52. The zero-order valence-corrected chi connectivity index (χ0v) is 17.5. The molecule has 2 aromatic carbocycles. The number of urea groups is 1. The van der Waals surface area contributed by atoms with Gasteiger partial charge < -0.3 is 20.4 Å². The highest BCUT2D eigenvalue weighted by atomic mass is 16.2. The summed E-state index contributed by atoms with van der Waals surface area (Å²) in [6.07, 6.45) is 0. The van der Waals surface area contributed by atoms with Gasteiger partial charge in [0.25, 0.3) is 0 Å². The van der Waals surface area contributed by atoms with Gasteiger partial charge in [-0.15, -0.1) is 0 Å². The monoisotopic (exact) mass is 380 g/mol. The van der Waals surface area contributed by atoms with Gasteiger partial charge in [-0.2, -0.15) is 0 Å². The Balaban J connectivity index is 1.51. The molecule has 0 unspecified atom stereocenters. The molecule has 1 fully saturated rings. The first-order valence-electron chi connectivity index (χ1n) is 9.99. The minimum absolute atomic E-state index is 0.129. The Kier molecular flexibility index (Phi) is 6.25. The van der Waals surface area contributed by atoms with Crippen molar-refractivity contribution in [3.8, 4) is 0 Å². The van der Waals surface area contributed by atoms with Crippen molar-refractivity contribution >= 4 is 17.4 Å². The number of carbonyl (C=O) groups excluding carboxylic acids is 1. The van der Waals surface area contributed by atoms with Crippen LogP contribution in [0.4, 0.5) is 16.2 Å². The van der Waals surface area contributed by atoms with E-state index in [1.165, 1.54) is 16.8 Å². The molecule has 0 aromatic heterocycles. The Hall–Kier alpha value is -2.53. The largest absolute Gasteiger partial charge is 0.369 e. The number of hydrogen-bond donors (Lipinski definition) is 2. The van der Waals surface area contributed by atoms with Crippen molar-refractivity contribution in [1.82, 2.24) is 10.2 Å². The number of nitrogens with one attached hydrogen (secondary N) is 2. The standard InChI is InChI=1S/C23H32N4O/c1-18-5-7-19(8-6-18)23(2,3)17-24-22(28)25-20-9-11-21(12-10-20)27-15-13-26(4)14-16-27/h5-12H,13-17H2,1-4H3,(H2,24,25,28). The fraction of sp³-hybridized carbons (Fsp3) is 0.435. The van der Waals surface area contributed by atoms with Gasteiger partial charge in [-0.1, -0.05) is 43.7 Å². The lowest BCUT2D eigenvalue weighted by molar-refractivity contribution is 0.249. The first-order valence-corrected chi connectivity index (χ1v) is 9.99. The van der Waals surface area contributed by atoms with Crippen molar-refractivity contribution in [3.05, 3.63) is 59.7 Å². The van der Waals surface area contributed by atoms with Crippen LogP contribution in [0.25, 0.3) is 0 Å². The molecule has 150 valence electrons. The normalized spacial score (nSPS) is 15.4. The molecule has 1 saturated heterocycles. The molecule has 0 saturated carbocycles. The molecule has 0 radical (unpaired) electrons. The molecule has 2 amide bonds. The van der Waals surface area contributed by atoms with Crippen molar-refractivity contribution in [2.75, 3.05) is 50.0 Å². The molecule has 0 bridgehead atoms. The van der Waals surface area contributed by atoms with Crippen LogP contribution in [0.3, 0.4) is 0 Å². The summed E-state index contributed by atoms with van der Waals surface area (Å²) < 4.78 is 0. The first kappa shape index (κ1) is 20.2. The van der Waals surface area contributed by atoms with E-state index in [-0.39, 0.29) is 11.4 Å². The minimum Gasteiger partial charge on any atom is -0.369 e. The van der Waals surface area contributed by atoms with Crippen LogP contribution >= 0.6 is 0 Å². The molecule has 3 rings (SSSR count). The number of piperazine rings is 1. The van der Waals surface area contributed by atoms with Crippen LogP contribution in [-0.4, -0.2) is 50.7 Å². The molecule has 0 aliphatic carbocycles. The van der Waals surface area contributed by atoms with E-state index in [1.807, 2.05) is 12.1 Å². The number of likely N-dealkylation sites (N-methyl/N-ethyl adjacent to an activating group) is 1. The van der Waals surface area contributed by atoms with Gasteiger partial charge in [0.2, 0.25) is 0 Å². The molecule has 28 heavy (non-hydrogen) atoms. The quantitative estimate of drug-likeness (QED) is 0.828.